The zero-order chi connectivity index (χ0) is 11.1. The molecule has 0 aliphatic heterocycles. The summed E-state index contributed by atoms with van der Waals surface area (Å²) in [6.07, 6.45) is 0.879. The summed E-state index contributed by atoms with van der Waals surface area (Å²) in [5.74, 6) is 0.602. The van der Waals surface area contributed by atoms with E-state index >= 15 is 0 Å². The summed E-state index contributed by atoms with van der Waals surface area (Å²) >= 11 is 0. The first-order valence-corrected chi connectivity index (χ1v) is 4.91. The first-order chi connectivity index (χ1) is 7.27. The van der Waals surface area contributed by atoms with Gasteiger partial charge in [-0.15, -0.1) is 0 Å². The molecule has 15 heavy (non-hydrogen) atoms. The van der Waals surface area contributed by atoms with Gasteiger partial charge in [-0.3, -0.25) is 4.79 Å². The second kappa shape index (κ2) is 5.82. The maximum Gasteiger partial charge on any atom is 0.176 e. The van der Waals surface area contributed by atoms with Gasteiger partial charge in [0, 0.05) is 5.56 Å². The van der Waals surface area contributed by atoms with Gasteiger partial charge in [0.1, 0.15) is 5.75 Å². The fourth-order valence-corrected chi connectivity index (χ4v) is 1.13. The molecule has 1 rings (SSSR count). The highest BCUT2D eigenvalue weighted by molar-refractivity contribution is 5.97. The first-order valence-electron chi connectivity index (χ1n) is 4.91. The standard InChI is InChI=1S/C12H13NO2/c1-2-9-15-11-5-3-10(4-6-11)12(14)7-8-13/h3-6H,2,7,9H2,1H3. The predicted molar refractivity (Wildman–Crippen MR) is 56.8 cm³/mol. The second-order valence-electron chi connectivity index (χ2n) is 3.13. The summed E-state index contributed by atoms with van der Waals surface area (Å²) in [4.78, 5) is 11.3. The molecule has 0 aliphatic rings. The van der Waals surface area contributed by atoms with E-state index in [0.717, 1.165) is 12.2 Å². The highest BCUT2D eigenvalue weighted by Crippen LogP contribution is 2.13. The van der Waals surface area contributed by atoms with Crippen LogP contribution in [-0.4, -0.2) is 12.4 Å². The minimum Gasteiger partial charge on any atom is -0.494 e. The normalized spacial score (nSPS) is 9.33. The van der Waals surface area contributed by atoms with Crippen LogP contribution in [0.15, 0.2) is 24.3 Å². The molecule has 1 aromatic carbocycles. The molecule has 0 aromatic heterocycles. The van der Waals surface area contributed by atoms with Crippen molar-refractivity contribution in [1.29, 1.82) is 5.26 Å². The van der Waals surface area contributed by atoms with Crippen molar-refractivity contribution < 1.29 is 9.53 Å². The number of benzene rings is 1. The molecule has 0 bridgehead atoms. The Kier molecular flexibility index (Phi) is 4.36. The van der Waals surface area contributed by atoms with E-state index < -0.39 is 0 Å². The van der Waals surface area contributed by atoms with Crippen LogP contribution in [0.3, 0.4) is 0 Å². The van der Waals surface area contributed by atoms with Crippen LogP contribution >= 0.6 is 0 Å². The summed E-state index contributed by atoms with van der Waals surface area (Å²) in [6, 6.07) is 8.70. The Morgan fingerprint density at radius 3 is 2.60 bits per heavy atom. The number of nitriles is 1. The van der Waals surface area contributed by atoms with Gasteiger partial charge in [0.15, 0.2) is 5.78 Å². The average Bonchev–Trinajstić information content (AvgIpc) is 2.27. The van der Waals surface area contributed by atoms with Crippen molar-refractivity contribution in [3.05, 3.63) is 29.8 Å². The number of hydrogen-bond acceptors (Lipinski definition) is 3. The van der Waals surface area contributed by atoms with Crippen molar-refractivity contribution >= 4 is 5.78 Å². The van der Waals surface area contributed by atoms with E-state index in [4.69, 9.17) is 10.00 Å². The van der Waals surface area contributed by atoms with Gasteiger partial charge in [0.25, 0.3) is 0 Å². The molecule has 0 amide bonds. The Hall–Kier alpha value is -1.82. The number of ether oxygens (including phenoxy) is 1. The van der Waals surface area contributed by atoms with Crippen LogP contribution in [0.1, 0.15) is 30.1 Å². The summed E-state index contributed by atoms with van der Waals surface area (Å²) in [6.45, 7) is 2.70. The molecule has 0 spiro atoms. The second-order valence-corrected chi connectivity index (χ2v) is 3.13. The van der Waals surface area contributed by atoms with E-state index in [0.29, 0.717) is 12.2 Å². The third-order valence-corrected chi connectivity index (χ3v) is 1.89. The summed E-state index contributed by atoms with van der Waals surface area (Å²) in [5.41, 5.74) is 0.556. The Morgan fingerprint density at radius 2 is 2.07 bits per heavy atom. The highest BCUT2D eigenvalue weighted by atomic mass is 16.5. The van der Waals surface area contributed by atoms with Crippen molar-refractivity contribution in [2.75, 3.05) is 6.61 Å². The van der Waals surface area contributed by atoms with Gasteiger partial charge in [-0.1, -0.05) is 6.92 Å². The molecular weight excluding hydrogens is 190 g/mol. The van der Waals surface area contributed by atoms with Crippen molar-refractivity contribution in [1.82, 2.24) is 0 Å². The molecule has 0 saturated heterocycles. The van der Waals surface area contributed by atoms with Crippen molar-refractivity contribution in [2.45, 2.75) is 19.8 Å². The molecule has 3 nitrogen and oxygen atoms in total. The summed E-state index contributed by atoms with van der Waals surface area (Å²) in [5, 5.41) is 8.37. The third kappa shape index (κ3) is 3.43. The predicted octanol–water partition coefficient (Wildman–Crippen LogP) is 2.57. The SMILES string of the molecule is CCCOc1ccc(C(=O)CC#N)cc1. The lowest BCUT2D eigenvalue weighted by Gasteiger charge is -2.04. The molecule has 0 aliphatic carbocycles. The quantitative estimate of drug-likeness (QED) is 0.691. The molecule has 0 saturated carbocycles. The number of carbonyl (C=O) groups excluding carboxylic acids is 1. The van der Waals surface area contributed by atoms with Crippen LogP contribution in [0, 0.1) is 11.3 Å². The van der Waals surface area contributed by atoms with Gasteiger partial charge < -0.3 is 4.74 Å². The van der Waals surface area contributed by atoms with E-state index in [9.17, 15) is 4.79 Å². The lowest BCUT2D eigenvalue weighted by Crippen LogP contribution is -1.98. The van der Waals surface area contributed by atoms with Crippen LogP contribution in [0.2, 0.25) is 0 Å². The van der Waals surface area contributed by atoms with E-state index in [1.54, 1.807) is 24.3 Å². The summed E-state index contributed by atoms with van der Waals surface area (Å²) in [7, 11) is 0. The summed E-state index contributed by atoms with van der Waals surface area (Å²) < 4.78 is 5.37. The number of nitrogens with zero attached hydrogens (tertiary/aromatic N) is 1. The number of ketones is 1. The molecule has 0 radical (unpaired) electrons. The number of rotatable bonds is 5. The fraction of sp³-hybridized carbons (Fsp3) is 0.333. The lowest BCUT2D eigenvalue weighted by molar-refractivity contribution is 0.0997. The molecule has 3 heteroatoms. The van der Waals surface area contributed by atoms with E-state index in [-0.39, 0.29) is 12.2 Å². The molecule has 0 atom stereocenters. The highest BCUT2D eigenvalue weighted by Gasteiger charge is 2.04. The molecule has 0 N–H and O–H groups in total. The minimum absolute atomic E-state index is 0.0742. The largest absolute Gasteiger partial charge is 0.494 e. The topological polar surface area (TPSA) is 50.1 Å². The van der Waals surface area contributed by atoms with E-state index in [1.807, 2.05) is 13.0 Å². The maximum atomic E-state index is 11.3. The average molecular weight is 203 g/mol. The molecule has 78 valence electrons. The van der Waals surface area contributed by atoms with Crippen LogP contribution in [0.5, 0.6) is 5.75 Å². The number of Topliss-reactive ketones (excluding diaryl/α,β-unsaturated/α-hetero) is 1. The van der Waals surface area contributed by atoms with E-state index in [1.165, 1.54) is 0 Å². The zero-order valence-corrected chi connectivity index (χ0v) is 8.69. The molecule has 0 unspecified atom stereocenters. The molecule has 1 aromatic rings. The Balaban J connectivity index is 2.64. The van der Waals surface area contributed by atoms with Crippen LogP contribution in [0.4, 0.5) is 0 Å². The van der Waals surface area contributed by atoms with Crippen molar-refractivity contribution in [3.8, 4) is 11.8 Å². The molecule has 0 heterocycles. The number of hydrogen-bond donors (Lipinski definition) is 0. The smallest absolute Gasteiger partial charge is 0.176 e. The van der Waals surface area contributed by atoms with E-state index in [2.05, 4.69) is 0 Å². The van der Waals surface area contributed by atoms with Crippen LogP contribution in [0.25, 0.3) is 0 Å². The minimum atomic E-state index is -0.153. The molecular formula is C12H13NO2. The van der Waals surface area contributed by atoms with Gasteiger partial charge >= 0.3 is 0 Å². The third-order valence-electron chi connectivity index (χ3n) is 1.89. The lowest BCUT2D eigenvalue weighted by atomic mass is 10.1. The Bertz CT molecular complexity index is 362. The monoisotopic (exact) mass is 203 g/mol. The van der Waals surface area contributed by atoms with Crippen LogP contribution in [-0.2, 0) is 0 Å². The van der Waals surface area contributed by atoms with Gasteiger partial charge in [0.05, 0.1) is 19.1 Å². The van der Waals surface area contributed by atoms with Crippen LogP contribution < -0.4 is 4.74 Å². The van der Waals surface area contributed by atoms with Crippen molar-refractivity contribution in [3.63, 3.8) is 0 Å². The van der Waals surface area contributed by atoms with Crippen molar-refractivity contribution in [2.24, 2.45) is 0 Å². The fourth-order valence-electron chi connectivity index (χ4n) is 1.13. The van der Waals surface area contributed by atoms with Gasteiger partial charge in [-0.05, 0) is 30.7 Å². The first kappa shape index (κ1) is 11.3. The number of carbonyl (C=O) groups is 1. The Morgan fingerprint density at radius 1 is 1.40 bits per heavy atom. The molecule has 0 fully saturated rings. The zero-order valence-electron chi connectivity index (χ0n) is 8.69. The maximum absolute atomic E-state index is 11.3. The van der Waals surface area contributed by atoms with Gasteiger partial charge in [0.2, 0.25) is 0 Å². The van der Waals surface area contributed by atoms with Gasteiger partial charge in [-0.2, -0.15) is 5.26 Å². The van der Waals surface area contributed by atoms with Gasteiger partial charge in [-0.25, -0.2) is 0 Å². The Labute approximate surface area is 89.3 Å².